The second-order valence-corrected chi connectivity index (χ2v) is 4.91. The quantitative estimate of drug-likeness (QED) is 0.919. The van der Waals surface area contributed by atoms with Gasteiger partial charge >= 0.3 is 0 Å². The number of hydrogen-bond acceptors (Lipinski definition) is 4. The maximum Gasteiger partial charge on any atom is 0.164 e. The van der Waals surface area contributed by atoms with Gasteiger partial charge in [0, 0.05) is 16.7 Å². The molecule has 1 atom stereocenters. The molecule has 2 rings (SSSR count). The molecule has 0 aliphatic carbocycles. The summed E-state index contributed by atoms with van der Waals surface area (Å²) in [6.45, 7) is 0. The molecule has 1 unspecified atom stereocenters. The summed E-state index contributed by atoms with van der Waals surface area (Å²) in [5.41, 5.74) is 8.09. The summed E-state index contributed by atoms with van der Waals surface area (Å²) < 4.78 is 16.0. The van der Waals surface area contributed by atoms with Crippen LogP contribution in [0.1, 0.15) is 17.2 Å². The summed E-state index contributed by atoms with van der Waals surface area (Å²) in [5, 5.41) is 0.672. The third kappa shape index (κ3) is 3.23. The second kappa shape index (κ2) is 6.70. The molecule has 0 amide bonds. The van der Waals surface area contributed by atoms with Gasteiger partial charge in [0.15, 0.2) is 11.5 Å². The van der Waals surface area contributed by atoms with E-state index in [1.54, 1.807) is 27.4 Å². The molecule has 0 heterocycles. The van der Waals surface area contributed by atoms with E-state index in [0.29, 0.717) is 22.3 Å². The standard InChI is InChI=1S/C16H18ClNO3/c1-19-13-9-15(21-3)14(20-2)8-12(13)16(18)10-4-6-11(17)7-5-10/h4-9,16H,18H2,1-3H3. The summed E-state index contributed by atoms with van der Waals surface area (Å²) in [6, 6.07) is 10.7. The first-order valence-corrected chi connectivity index (χ1v) is 6.79. The number of hydrogen-bond donors (Lipinski definition) is 1. The van der Waals surface area contributed by atoms with Crippen LogP contribution in [0.15, 0.2) is 36.4 Å². The first kappa shape index (κ1) is 15.5. The maximum absolute atomic E-state index is 6.34. The molecule has 4 nitrogen and oxygen atoms in total. The van der Waals surface area contributed by atoms with Crippen LogP contribution in [0.5, 0.6) is 17.2 Å². The largest absolute Gasteiger partial charge is 0.496 e. The first-order valence-electron chi connectivity index (χ1n) is 6.41. The molecule has 2 aromatic rings. The van der Waals surface area contributed by atoms with Crippen molar-refractivity contribution in [3.8, 4) is 17.2 Å². The van der Waals surface area contributed by atoms with Crippen LogP contribution < -0.4 is 19.9 Å². The minimum Gasteiger partial charge on any atom is -0.496 e. The SMILES string of the molecule is COc1cc(OC)c(C(N)c2ccc(Cl)cc2)cc1OC. The van der Waals surface area contributed by atoms with E-state index in [4.69, 9.17) is 31.5 Å². The number of rotatable bonds is 5. The van der Waals surface area contributed by atoms with Crippen LogP contribution in [0.3, 0.4) is 0 Å². The van der Waals surface area contributed by atoms with E-state index in [1.165, 1.54) is 0 Å². The molecular formula is C16H18ClNO3. The molecule has 21 heavy (non-hydrogen) atoms. The predicted molar refractivity (Wildman–Crippen MR) is 83.6 cm³/mol. The lowest BCUT2D eigenvalue weighted by Crippen LogP contribution is -2.13. The van der Waals surface area contributed by atoms with Gasteiger partial charge in [0.25, 0.3) is 0 Å². The van der Waals surface area contributed by atoms with Crippen LogP contribution in [-0.2, 0) is 0 Å². The maximum atomic E-state index is 6.34. The Kier molecular flexibility index (Phi) is 4.94. The molecule has 0 fully saturated rings. The Morgan fingerprint density at radius 2 is 1.38 bits per heavy atom. The van der Waals surface area contributed by atoms with Crippen molar-refractivity contribution in [3.05, 3.63) is 52.5 Å². The van der Waals surface area contributed by atoms with Gasteiger partial charge in [-0.1, -0.05) is 23.7 Å². The zero-order valence-corrected chi connectivity index (χ0v) is 13.0. The van der Waals surface area contributed by atoms with Crippen molar-refractivity contribution in [2.45, 2.75) is 6.04 Å². The van der Waals surface area contributed by atoms with Crippen molar-refractivity contribution < 1.29 is 14.2 Å². The highest BCUT2D eigenvalue weighted by molar-refractivity contribution is 6.30. The van der Waals surface area contributed by atoms with Gasteiger partial charge in [-0.2, -0.15) is 0 Å². The minimum absolute atomic E-state index is 0.350. The van der Waals surface area contributed by atoms with Gasteiger partial charge in [0.05, 0.1) is 27.4 Å². The van der Waals surface area contributed by atoms with E-state index >= 15 is 0 Å². The van der Waals surface area contributed by atoms with Crippen molar-refractivity contribution in [2.24, 2.45) is 5.73 Å². The molecule has 112 valence electrons. The van der Waals surface area contributed by atoms with Gasteiger partial charge in [0.2, 0.25) is 0 Å². The monoisotopic (exact) mass is 307 g/mol. The Bertz CT molecular complexity index is 614. The van der Waals surface area contributed by atoms with E-state index < -0.39 is 0 Å². The number of methoxy groups -OCH3 is 3. The van der Waals surface area contributed by atoms with Gasteiger partial charge in [-0.05, 0) is 23.8 Å². The summed E-state index contributed by atoms with van der Waals surface area (Å²) in [5.74, 6) is 1.86. The topological polar surface area (TPSA) is 53.7 Å². The van der Waals surface area contributed by atoms with Crippen molar-refractivity contribution in [1.82, 2.24) is 0 Å². The van der Waals surface area contributed by atoms with Crippen molar-refractivity contribution in [2.75, 3.05) is 21.3 Å². The fourth-order valence-corrected chi connectivity index (χ4v) is 2.27. The average molecular weight is 308 g/mol. The van der Waals surface area contributed by atoms with Crippen LogP contribution in [0.2, 0.25) is 5.02 Å². The van der Waals surface area contributed by atoms with Gasteiger partial charge in [0.1, 0.15) is 5.75 Å². The number of nitrogens with two attached hydrogens (primary N) is 1. The van der Waals surface area contributed by atoms with Crippen molar-refractivity contribution in [1.29, 1.82) is 0 Å². The van der Waals surface area contributed by atoms with Gasteiger partial charge < -0.3 is 19.9 Å². The van der Waals surface area contributed by atoms with E-state index in [9.17, 15) is 0 Å². The number of halogens is 1. The molecular weight excluding hydrogens is 290 g/mol. The van der Waals surface area contributed by atoms with E-state index in [0.717, 1.165) is 11.1 Å². The highest BCUT2D eigenvalue weighted by atomic mass is 35.5. The van der Waals surface area contributed by atoms with E-state index in [2.05, 4.69) is 0 Å². The molecule has 0 radical (unpaired) electrons. The third-order valence-electron chi connectivity index (χ3n) is 3.30. The third-order valence-corrected chi connectivity index (χ3v) is 3.55. The Balaban J connectivity index is 2.48. The summed E-state index contributed by atoms with van der Waals surface area (Å²) in [4.78, 5) is 0. The smallest absolute Gasteiger partial charge is 0.164 e. The van der Waals surface area contributed by atoms with Crippen LogP contribution in [0, 0.1) is 0 Å². The van der Waals surface area contributed by atoms with Gasteiger partial charge in [-0.15, -0.1) is 0 Å². The molecule has 0 aliphatic heterocycles. The fraction of sp³-hybridized carbons (Fsp3) is 0.250. The molecule has 0 spiro atoms. The fourth-order valence-electron chi connectivity index (χ4n) is 2.15. The molecule has 0 saturated heterocycles. The Morgan fingerprint density at radius 3 is 1.90 bits per heavy atom. The van der Waals surface area contributed by atoms with Crippen LogP contribution in [-0.4, -0.2) is 21.3 Å². The summed E-state index contributed by atoms with van der Waals surface area (Å²) in [6.07, 6.45) is 0. The van der Waals surface area contributed by atoms with Crippen LogP contribution in [0.4, 0.5) is 0 Å². The van der Waals surface area contributed by atoms with E-state index in [1.807, 2.05) is 30.3 Å². The first-order chi connectivity index (χ1) is 10.1. The lowest BCUT2D eigenvalue weighted by molar-refractivity contribution is 0.347. The van der Waals surface area contributed by atoms with Crippen molar-refractivity contribution in [3.63, 3.8) is 0 Å². The second-order valence-electron chi connectivity index (χ2n) is 4.48. The lowest BCUT2D eigenvalue weighted by atomic mass is 9.98. The lowest BCUT2D eigenvalue weighted by Gasteiger charge is -2.19. The zero-order chi connectivity index (χ0) is 15.4. The number of benzene rings is 2. The van der Waals surface area contributed by atoms with Gasteiger partial charge in [-0.3, -0.25) is 0 Å². The van der Waals surface area contributed by atoms with Crippen LogP contribution in [0.25, 0.3) is 0 Å². The molecule has 2 aromatic carbocycles. The van der Waals surface area contributed by atoms with Gasteiger partial charge in [-0.25, -0.2) is 0 Å². The minimum atomic E-state index is -0.350. The Labute approximate surface area is 129 Å². The highest BCUT2D eigenvalue weighted by Crippen LogP contribution is 2.38. The molecule has 0 bridgehead atoms. The highest BCUT2D eigenvalue weighted by Gasteiger charge is 2.18. The molecule has 0 saturated carbocycles. The molecule has 2 N–H and O–H groups in total. The Hall–Kier alpha value is -1.91. The molecule has 0 aliphatic rings. The average Bonchev–Trinajstić information content (AvgIpc) is 2.53. The van der Waals surface area contributed by atoms with Crippen molar-refractivity contribution >= 4 is 11.6 Å². The number of ether oxygens (including phenoxy) is 3. The van der Waals surface area contributed by atoms with E-state index in [-0.39, 0.29) is 6.04 Å². The normalized spacial score (nSPS) is 11.9. The summed E-state index contributed by atoms with van der Waals surface area (Å²) >= 11 is 5.91. The predicted octanol–water partition coefficient (Wildman–Crippen LogP) is 3.41. The summed E-state index contributed by atoms with van der Waals surface area (Å²) in [7, 11) is 4.76. The molecule has 0 aromatic heterocycles. The molecule has 5 heteroatoms. The van der Waals surface area contributed by atoms with Crippen LogP contribution >= 0.6 is 11.6 Å². The Morgan fingerprint density at radius 1 is 0.857 bits per heavy atom. The zero-order valence-electron chi connectivity index (χ0n) is 12.2.